The van der Waals surface area contributed by atoms with Gasteiger partial charge in [0.15, 0.2) is 9.84 Å². The van der Waals surface area contributed by atoms with Crippen LogP contribution >= 0.6 is 0 Å². The lowest BCUT2D eigenvalue weighted by Gasteiger charge is -2.18. The van der Waals surface area contributed by atoms with Gasteiger partial charge in [-0.1, -0.05) is 0 Å². The summed E-state index contributed by atoms with van der Waals surface area (Å²) in [6.07, 6.45) is 1.13. The fourth-order valence-electron chi connectivity index (χ4n) is 0.566. The van der Waals surface area contributed by atoms with Crippen LogP contribution in [-0.4, -0.2) is 44.8 Å². The summed E-state index contributed by atoms with van der Waals surface area (Å²) in [5, 5.41) is 6.64. The van der Waals surface area contributed by atoms with E-state index < -0.39 is 15.1 Å². The second-order valence-corrected chi connectivity index (χ2v) is 5.12. The highest BCUT2D eigenvalue weighted by atomic mass is 32.2. The number of nitrogens with one attached hydrogen (secondary N) is 1. The second kappa shape index (κ2) is 3.21. The molecule has 5 heteroatoms. The van der Waals surface area contributed by atoms with Crippen LogP contribution in [0.2, 0.25) is 0 Å². The van der Waals surface area contributed by atoms with E-state index >= 15 is 0 Å². The summed E-state index contributed by atoms with van der Waals surface area (Å²) in [6, 6.07) is 0. The Bertz CT molecular complexity index is 243. The fourth-order valence-corrected chi connectivity index (χ4v) is 1.18. The molecule has 0 bridgehead atoms. The Kier molecular flexibility index (Phi) is 3.04. The predicted octanol–water partition coefficient (Wildman–Crippen LogP) is -0.0416. The highest BCUT2D eigenvalue weighted by Crippen LogP contribution is 2.00. The average molecular weight is 178 g/mol. The number of nitrogens with zero attached hydrogens (tertiary/aromatic N) is 1. The smallest absolute Gasteiger partial charge is 0.157 e. The Hall–Kier alpha value is -0.580. The van der Waals surface area contributed by atoms with Gasteiger partial charge in [0.25, 0.3) is 0 Å². The summed E-state index contributed by atoms with van der Waals surface area (Å²) in [5.74, 6) is 0.118. The number of sulfone groups is 1. The molecule has 1 atom stereocenters. The molecule has 0 heterocycles. The van der Waals surface area contributed by atoms with E-state index in [2.05, 4.69) is 0 Å². The van der Waals surface area contributed by atoms with Crippen molar-refractivity contribution in [3.8, 4) is 0 Å². The zero-order valence-electron chi connectivity index (χ0n) is 7.25. The Morgan fingerprint density at radius 3 is 1.91 bits per heavy atom. The van der Waals surface area contributed by atoms with Crippen molar-refractivity contribution in [2.45, 2.75) is 12.2 Å². The molecule has 0 amide bonds. The average Bonchev–Trinajstić information content (AvgIpc) is 1.82. The molecule has 1 N–H and O–H groups in total. The molecule has 0 saturated carbocycles. The molecule has 1 unspecified atom stereocenters. The molecule has 4 nitrogen and oxygen atoms in total. The predicted molar refractivity (Wildman–Crippen MR) is 45.7 cm³/mol. The van der Waals surface area contributed by atoms with Crippen molar-refractivity contribution in [3.63, 3.8) is 0 Å². The van der Waals surface area contributed by atoms with Crippen LogP contribution in [0.3, 0.4) is 0 Å². The molecular formula is C6H14N2O2S. The molecule has 66 valence electrons. The molecule has 0 aromatic carbocycles. The molecule has 0 aromatic rings. The maximum Gasteiger partial charge on any atom is 0.157 e. The molecular weight excluding hydrogens is 164 g/mol. The van der Waals surface area contributed by atoms with Gasteiger partial charge in [0.05, 0.1) is 0 Å². The summed E-state index contributed by atoms with van der Waals surface area (Å²) in [6.45, 7) is 1.51. The minimum atomic E-state index is -3.11. The quantitative estimate of drug-likeness (QED) is 0.476. The molecule has 0 aromatic heterocycles. The fraction of sp³-hybridized carbons (Fsp3) is 0.833. The lowest BCUT2D eigenvalue weighted by atomic mass is 10.4. The van der Waals surface area contributed by atoms with Gasteiger partial charge in [-0.15, -0.1) is 0 Å². The Morgan fingerprint density at radius 1 is 1.45 bits per heavy atom. The summed E-state index contributed by atoms with van der Waals surface area (Å²) in [4.78, 5) is 1.49. The zero-order chi connectivity index (χ0) is 9.23. The van der Waals surface area contributed by atoms with Gasteiger partial charge < -0.3 is 4.90 Å². The van der Waals surface area contributed by atoms with Crippen LogP contribution in [0.1, 0.15) is 6.92 Å². The van der Waals surface area contributed by atoms with E-state index in [1.165, 1.54) is 11.8 Å². The van der Waals surface area contributed by atoms with Crippen LogP contribution in [0.4, 0.5) is 0 Å². The first kappa shape index (κ1) is 10.4. The van der Waals surface area contributed by atoms with Crippen LogP contribution < -0.4 is 0 Å². The van der Waals surface area contributed by atoms with Crippen molar-refractivity contribution in [1.29, 1.82) is 5.41 Å². The standard InChI is InChI=1S/C6H14N2O2S/c1-5(11(4,9)10)6(7)8(2)3/h5,7H,1-4H3. The van der Waals surface area contributed by atoms with Gasteiger partial charge in [-0.05, 0) is 6.92 Å². The third-order valence-electron chi connectivity index (χ3n) is 1.51. The largest absolute Gasteiger partial charge is 0.366 e. The van der Waals surface area contributed by atoms with Crippen LogP contribution in [0, 0.1) is 5.41 Å². The molecule has 0 radical (unpaired) electrons. The molecule has 0 aliphatic heterocycles. The Labute approximate surface area is 67.6 Å². The van der Waals surface area contributed by atoms with E-state index in [0.717, 1.165) is 6.26 Å². The first-order valence-electron chi connectivity index (χ1n) is 3.21. The van der Waals surface area contributed by atoms with Crippen LogP contribution in [0.25, 0.3) is 0 Å². The monoisotopic (exact) mass is 178 g/mol. The third-order valence-corrected chi connectivity index (χ3v) is 3.02. The zero-order valence-corrected chi connectivity index (χ0v) is 8.07. The topological polar surface area (TPSA) is 61.2 Å². The number of hydrogen-bond acceptors (Lipinski definition) is 3. The molecule has 0 aliphatic carbocycles. The van der Waals surface area contributed by atoms with E-state index in [4.69, 9.17) is 5.41 Å². The first-order chi connectivity index (χ1) is 4.76. The molecule has 0 aliphatic rings. The SMILES string of the molecule is CC(C(=N)N(C)C)S(C)(=O)=O. The third kappa shape index (κ3) is 2.88. The van der Waals surface area contributed by atoms with Gasteiger partial charge >= 0.3 is 0 Å². The van der Waals surface area contributed by atoms with Crippen LogP contribution in [0.5, 0.6) is 0 Å². The maximum absolute atomic E-state index is 10.9. The van der Waals surface area contributed by atoms with Gasteiger partial charge in [0.2, 0.25) is 0 Å². The van der Waals surface area contributed by atoms with E-state index in [0.29, 0.717) is 0 Å². The van der Waals surface area contributed by atoms with E-state index in [9.17, 15) is 8.42 Å². The Morgan fingerprint density at radius 2 is 1.82 bits per heavy atom. The van der Waals surface area contributed by atoms with E-state index in [-0.39, 0.29) is 5.84 Å². The molecule has 0 rings (SSSR count). The summed E-state index contributed by atoms with van der Waals surface area (Å²) in [5.41, 5.74) is 0. The molecule has 0 fully saturated rings. The van der Waals surface area contributed by atoms with Crippen molar-refractivity contribution in [2.24, 2.45) is 0 Å². The van der Waals surface area contributed by atoms with E-state index in [1.807, 2.05) is 0 Å². The minimum absolute atomic E-state index is 0.118. The van der Waals surface area contributed by atoms with Crippen LogP contribution in [-0.2, 0) is 9.84 Å². The van der Waals surface area contributed by atoms with Crippen molar-refractivity contribution in [1.82, 2.24) is 4.90 Å². The van der Waals surface area contributed by atoms with E-state index in [1.54, 1.807) is 14.1 Å². The minimum Gasteiger partial charge on any atom is -0.366 e. The number of rotatable bonds is 2. The van der Waals surface area contributed by atoms with Crippen LogP contribution in [0.15, 0.2) is 0 Å². The number of amidine groups is 1. The number of hydrogen-bond donors (Lipinski definition) is 1. The first-order valence-corrected chi connectivity index (χ1v) is 5.17. The van der Waals surface area contributed by atoms with Crippen molar-refractivity contribution >= 4 is 15.7 Å². The van der Waals surface area contributed by atoms with Crippen molar-refractivity contribution in [3.05, 3.63) is 0 Å². The maximum atomic E-state index is 10.9. The van der Waals surface area contributed by atoms with Crippen molar-refractivity contribution < 1.29 is 8.42 Å². The summed E-state index contributed by atoms with van der Waals surface area (Å²) >= 11 is 0. The summed E-state index contributed by atoms with van der Waals surface area (Å²) in [7, 11) is 0.200. The van der Waals surface area contributed by atoms with Gasteiger partial charge in [-0.3, -0.25) is 5.41 Å². The Balaban J connectivity index is 4.53. The molecule has 11 heavy (non-hydrogen) atoms. The normalized spacial score (nSPS) is 14.2. The van der Waals surface area contributed by atoms with Crippen molar-refractivity contribution in [2.75, 3.05) is 20.4 Å². The van der Waals surface area contributed by atoms with Gasteiger partial charge in [0.1, 0.15) is 11.1 Å². The second-order valence-electron chi connectivity index (χ2n) is 2.75. The highest BCUT2D eigenvalue weighted by molar-refractivity contribution is 7.92. The van der Waals surface area contributed by atoms with Gasteiger partial charge in [0, 0.05) is 20.4 Å². The molecule has 0 spiro atoms. The van der Waals surface area contributed by atoms with Gasteiger partial charge in [-0.25, -0.2) is 8.42 Å². The lowest BCUT2D eigenvalue weighted by molar-refractivity contribution is 0.577. The summed E-state index contributed by atoms with van der Waals surface area (Å²) < 4.78 is 21.8. The molecule has 0 saturated heterocycles. The van der Waals surface area contributed by atoms with Gasteiger partial charge in [-0.2, -0.15) is 0 Å². The lowest BCUT2D eigenvalue weighted by Crippen LogP contribution is -2.35. The highest BCUT2D eigenvalue weighted by Gasteiger charge is 2.20.